The van der Waals surface area contributed by atoms with Crippen molar-refractivity contribution in [3.8, 4) is 6.01 Å². The maximum absolute atomic E-state index is 10.9. The molecule has 1 aromatic heterocycles. The van der Waals surface area contributed by atoms with Crippen molar-refractivity contribution in [2.45, 2.75) is 6.04 Å². The lowest BCUT2D eigenvalue weighted by Crippen LogP contribution is -2.11. The van der Waals surface area contributed by atoms with Crippen molar-refractivity contribution < 1.29 is 9.53 Å². The van der Waals surface area contributed by atoms with Crippen LogP contribution in [0.15, 0.2) is 36.5 Å². The molecule has 0 radical (unpaired) electrons. The minimum Gasteiger partial charge on any atom is -0.462 e. The van der Waals surface area contributed by atoms with E-state index in [0.717, 1.165) is 11.8 Å². The van der Waals surface area contributed by atoms with E-state index in [0.29, 0.717) is 18.3 Å². The lowest BCUT2D eigenvalue weighted by molar-refractivity contribution is 0.111. The standard InChI is InChI=1S/C12H10N2O2/c15-7-10-6-13-12-14(10)11(8-16-12)9-4-2-1-3-5-9/h1-7,11H,8H2. The summed E-state index contributed by atoms with van der Waals surface area (Å²) in [6.07, 6.45) is 2.35. The number of rotatable bonds is 2. The SMILES string of the molecule is O=Cc1cnc2n1C(c1ccccc1)CO2. The summed E-state index contributed by atoms with van der Waals surface area (Å²) in [5.74, 6) is 0. The van der Waals surface area contributed by atoms with Gasteiger partial charge in [-0.2, -0.15) is 0 Å². The van der Waals surface area contributed by atoms with E-state index in [1.807, 2.05) is 34.9 Å². The number of benzene rings is 1. The molecule has 4 nitrogen and oxygen atoms in total. The molecule has 1 unspecified atom stereocenters. The van der Waals surface area contributed by atoms with Gasteiger partial charge in [0, 0.05) is 0 Å². The Bertz CT molecular complexity index is 519. The Morgan fingerprint density at radius 2 is 2.19 bits per heavy atom. The molecular formula is C12H10N2O2. The van der Waals surface area contributed by atoms with Gasteiger partial charge in [0.15, 0.2) is 6.29 Å². The second-order valence-electron chi connectivity index (χ2n) is 3.69. The Morgan fingerprint density at radius 3 is 2.94 bits per heavy atom. The van der Waals surface area contributed by atoms with Gasteiger partial charge in [-0.05, 0) is 5.56 Å². The first-order chi connectivity index (χ1) is 7.90. The third-order valence-corrected chi connectivity index (χ3v) is 2.78. The second kappa shape index (κ2) is 3.48. The van der Waals surface area contributed by atoms with Gasteiger partial charge in [0.05, 0.1) is 12.2 Å². The number of carbonyl (C=O) groups excluding carboxylic acids is 1. The molecule has 3 rings (SSSR count). The fraction of sp³-hybridized carbons (Fsp3) is 0.167. The molecule has 0 N–H and O–H groups in total. The highest BCUT2D eigenvalue weighted by Crippen LogP contribution is 2.31. The Kier molecular flexibility index (Phi) is 1.99. The molecule has 0 saturated heterocycles. The van der Waals surface area contributed by atoms with Crippen molar-refractivity contribution in [1.29, 1.82) is 0 Å². The number of carbonyl (C=O) groups is 1. The van der Waals surface area contributed by atoms with Gasteiger partial charge in [0.1, 0.15) is 12.3 Å². The molecule has 0 saturated carbocycles. The number of aromatic nitrogens is 2. The summed E-state index contributed by atoms with van der Waals surface area (Å²) in [7, 11) is 0. The number of imidazole rings is 1. The minimum absolute atomic E-state index is 0.0545. The minimum atomic E-state index is 0.0545. The lowest BCUT2D eigenvalue weighted by Gasteiger charge is -2.11. The molecule has 1 aromatic carbocycles. The number of ether oxygens (including phenoxy) is 1. The van der Waals surface area contributed by atoms with Crippen LogP contribution in [-0.4, -0.2) is 22.4 Å². The van der Waals surface area contributed by atoms with E-state index in [1.165, 1.54) is 6.20 Å². The van der Waals surface area contributed by atoms with E-state index in [1.54, 1.807) is 0 Å². The maximum Gasteiger partial charge on any atom is 0.297 e. The van der Waals surface area contributed by atoms with Crippen LogP contribution in [0.4, 0.5) is 0 Å². The molecule has 2 heterocycles. The van der Waals surface area contributed by atoms with Crippen LogP contribution in [0.5, 0.6) is 6.01 Å². The molecule has 2 aromatic rings. The zero-order chi connectivity index (χ0) is 11.0. The lowest BCUT2D eigenvalue weighted by atomic mass is 10.1. The van der Waals surface area contributed by atoms with E-state index < -0.39 is 0 Å². The van der Waals surface area contributed by atoms with Crippen molar-refractivity contribution in [1.82, 2.24) is 9.55 Å². The first kappa shape index (κ1) is 9.15. The Balaban J connectivity index is 2.08. The van der Waals surface area contributed by atoms with Gasteiger partial charge in [-0.1, -0.05) is 30.3 Å². The van der Waals surface area contributed by atoms with Crippen LogP contribution >= 0.6 is 0 Å². The highest BCUT2D eigenvalue weighted by atomic mass is 16.5. The van der Waals surface area contributed by atoms with Gasteiger partial charge < -0.3 is 4.74 Å². The highest BCUT2D eigenvalue weighted by molar-refractivity contribution is 5.72. The van der Waals surface area contributed by atoms with E-state index in [9.17, 15) is 4.79 Å². The number of hydrogen-bond acceptors (Lipinski definition) is 3. The monoisotopic (exact) mass is 214 g/mol. The zero-order valence-corrected chi connectivity index (χ0v) is 8.54. The van der Waals surface area contributed by atoms with Gasteiger partial charge in [-0.15, -0.1) is 0 Å². The van der Waals surface area contributed by atoms with Gasteiger partial charge >= 0.3 is 0 Å². The highest BCUT2D eigenvalue weighted by Gasteiger charge is 2.28. The third-order valence-electron chi connectivity index (χ3n) is 2.78. The predicted octanol–water partition coefficient (Wildman–Crippen LogP) is 1.68. The van der Waals surface area contributed by atoms with E-state index >= 15 is 0 Å². The van der Waals surface area contributed by atoms with Gasteiger partial charge in [0.25, 0.3) is 6.01 Å². The zero-order valence-electron chi connectivity index (χ0n) is 8.54. The number of hydrogen-bond donors (Lipinski definition) is 0. The van der Waals surface area contributed by atoms with E-state index in [-0.39, 0.29) is 6.04 Å². The van der Waals surface area contributed by atoms with Crippen LogP contribution in [-0.2, 0) is 0 Å². The molecule has 1 aliphatic rings. The van der Waals surface area contributed by atoms with Crippen LogP contribution in [0.2, 0.25) is 0 Å². The van der Waals surface area contributed by atoms with Gasteiger partial charge in [-0.3, -0.25) is 9.36 Å². The molecule has 1 atom stereocenters. The molecule has 80 valence electrons. The maximum atomic E-state index is 10.9. The van der Waals surface area contributed by atoms with Crippen LogP contribution in [0.3, 0.4) is 0 Å². The molecule has 0 fully saturated rings. The average Bonchev–Trinajstić information content (AvgIpc) is 2.90. The largest absolute Gasteiger partial charge is 0.462 e. The molecule has 0 amide bonds. The molecule has 0 bridgehead atoms. The van der Waals surface area contributed by atoms with Crippen LogP contribution in [0.1, 0.15) is 22.1 Å². The third kappa shape index (κ3) is 1.23. The van der Waals surface area contributed by atoms with Crippen LogP contribution < -0.4 is 4.74 Å². The van der Waals surface area contributed by atoms with Crippen molar-refractivity contribution in [3.05, 3.63) is 47.8 Å². The molecule has 4 heteroatoms. The van der Waals surface area contributed by atoms with E-state index in [2.05, 4.69) is 4.98 Å². The molecule has 16 heavy (non-hydrogen) atoms. The first-order valence-electron chi connectivity index (χ1n) is 5.10. The average molecular weight is 214 g/mol. The van der Waals surface area contributed by atoms with Crippen molar-refractivity contribution in [2.24, 2.45) is 0 Å². The summed E-state index contributed by atoms with van der Waals surface area (Å²) in [5, 5.41) is 0. The number of fused-ring (bicyclic) bond motifs is 1. The quantitative estimate of drug-likeness (QED) is 0.714. The fourth-order valence-electron chi connectivity index (χ4n) is 2.01. The summed E-state index contributed by atoms with van der Waals surface area (Å²) in [5.41, 5.74) is 1.68. The molecule has 1 aliphatic heterocycles. The fourth-order valence-corrected chi connectivity index (χ4v) is 2.01. The number of aldehydes is 1. The molecular weight excluding hydrogens is 204 g/mol. The smallest absolute Gasteiger partial charge is 0.297 e. The Labute approximate surface area is 92.5 Å². The number of nitrogens with zero attached hydrogens (tertiary/aromatic N) is 2. The van der Waals surface area contributed by atoms with Gasteiger partial charge in [-0.25, -0.2) is 4.98 Å². The van der Waals surface area contributed by atoms with Crippen molar-refractivity contribution in [2.75, 3.05) is 6.61 Å². The normalized spacial score (nSPS) is 17.9. The topological polar surface area (TPSA) is 44.1 Å². The summed E-state index contributed by atoms with van der Waals surface area (Å²) >= 11 is 0. The van der Waals surface area contributed by atoms with Crippen LogP contribution in [0, 0.1) is 0 Å². The van der Waals surface area contributed by atoms with E-state index in [4.69, 9.17) is 4.74 Å². The second-order valence-corrected chi connectivity index (χ2v) is 3.69. The van der Waals surface area contributed by atoms with Crippen molar-refractivity contribution >= 4 is 6.29 Å². The summed E-state index contributed by atoms with van der Waals surface area (Å²) in [6, 6.07) is 10.6. The van der Waals surface area contributed by atoms with Crippen molar-refractivity contribution in [3.63, 3.8) is 0 Å². The predicted molar refractivity (Wildman–Crippen MR) is 57.7 cm³/mol. The molecule has 0 spiro atoms. The first-order valence-corrected chi connectivity index (χ1v) is 5.10. The summed E-state index contributed by atoms with van der Waals surface area (Å²) < 4.78 is 7.28. The summed E-state index contributed by atoms with van der Waals surface area (Å²) in [4.78, 5) is 14.9. The Morgan fingerprint density at radius 1 is 1.38 bits per heavy atom. The summed E-state index contributed by atoms with van der Waals surface area (Å²) in [6.45, 7) is 0.536. The van der Waals surface area contributed by atoms with Gasteiger partial charge in [0.2, 0.25) is 0 Å². The molecule has 0 aliphatic carbocycles. The van der Waals surface area contributed by atoms with Crippen LogP contribution in [0.25, 0.3) is 0 Å². The Hall–Kier alpha value is -2.10.